The van der Waals surface area contributed by atoms with Crippen LogP contribution in [0, 0.1) is 6.92 Å². The summed E-state index contributed by atoms with van der Waals surface area (Å²) in [7, 11) is 1.66. The number of aryl methyl sites for hydroxylation is 1. The first-order valence-corrected chi connectivity index (χ1v) is 11.7. The van der Waals surface area contributed by atoms with Crippen LogP contribution in [0.15, 0.2) is 78.9 Å². The smallest absolute Gasteiger partial charge is 0.355 e. The molecule has 0 aliphatic heterocycles. The standard InChI is InChI=1S/C29H32N2O3/c1-4-34-29(32)28-22(2)26-19-25(33-3)15-16-27(26)31(28)18-17-30(20-23-11-7-5-8-12-23)21-24-13-9-6-10-14-24/h5-16,19H,4,17-18,20-21H2,1-3H3. The molecule has 5 heteroatoms. The van der Waals surface area contributed by atoms with Gasteiger partial charge in [-0.1, -0.05) is 60.7 Å². The van der Waals surface area contributed by atoms with Gasteiger partial charge in [-0.2, -0.15) is 0 Å². The minimum Gasteiger partial charge on any atom is -0.497 e. The molecule has 34 heavy (non-hydrogen) atoms. The topological polar surface area (TPSA) is 43.7 Å². The number of carbonyl (C=O) groups excluding carboxylic acids is 1. The highest BCUT2D eigenvalue weighted by atomic mass is 16.5. The lowest BCUT2D eigenvalue weighted by Gasteiger charge is -2.24. The van der Waals surface area contributed by atoms with E-state index in [0.29, 0.717) is 18.8 Å². The Morgan fingerprint density at radius 3 is 2.09 bits per heavy atom. The molecule has 0 atom stereocenters. The van der Waals surface area contributed by atoms with Gasteiger partial charge in [0.15, 0.2) is 0 Å². The lowest BCUT2D eigenvalue weighted by Crippen LogP contribution is -2.28. The van der Waals surface area contributed by atoms with E-state index < -0.39 is 0 Å². The van der Waals surface area contributed by atoms with Crippen LogP contribution in [0.3, 0.4) is 0 Å². The van der Waals surface area contributed by atoms with Crippen LogP contribution in [-0.2, 0) is 24.4 Å². The number of esters is 1. The second-order valence-corrected chi connectivity index (χ2v) is 8.41. The first-order chi connectivity index (χ1) is 16.6. The second kappa shape index (κ2) is 11.0. The molecular weight excluding hydrogens is 424 g/mol. The number of aromatic nitrogens is 1. The van der Waals surface area contributed by atoms with Crippen LogP contribution in [-0.4, -0.2) is 35.7 Å². The molecule has 0 aliphatic carbocycles. The highest BCUT2D eigenvalue weighted by molar-refractivity contribution is 5.99. The van der Waals surface area contributed by atoms with Crippen molar-refractivity contribution in [2.45, 2.75) is 33.5 Å². The molecule has 0 spiro atoms. The van der Waals surface area contributed by atoms with Crippen molar-refractivity contribution >= 4 is 16.9 Å². The van der Waals surface area contributed by atoms with Crippen LogP contribution in [0.4, 0.5) is 0 Å². The summed E-state index contributed by atoms with van der Waals surface area (Å²) < 4.78 is 13.0. The molecule has 0 aliphatic rings. The number of carbonyl (C=O) groups is 1. The molecule has 1 heterocycles. The van der Waals surface area contributed by atoms with Gasteiger partial charge in [-0.3, -0.25) is 4.90 Å². The van der Waals surface area contributed by atoms with E-state index in [1.165, 1.54) is 11.1 Å². The maximum Gasteiger partial charge on any atom is 0.355 e. The van der Waals surface area contributed by atoms with Crippen molar-refractivity contribution in [3.05, 3.63) is 101 Å². The van der Waals surface area contributed by atoms with E-state index in [1.807, 2.05) is 44.2 Å². The predicted molar refractivity (Wildman–Crippen MR) is 136 cm³/mol. The monoisotopic (exact) mass is 456 g/mol. The third-order valence-corrected chi connectivity index (χ3v) is 6.13. The lowest BCUT2D eigenvalue weighted by molar-refractivity contribution is 0.0512. The third-order valence-electron chi connectivity index (χ3n) is 6.13. The van der Waals surface area contributed by atoms with E-state index >= 15 is 0 Å². The van der Waals surface area contributed by atoms with Crippen molar-refractivity contribution < 1.29 is 14.3 Å². The molecule has 0 unspecified atom stereocenters. The first-order valence-electron chi connectivity index (χ1n) is 11.7. The summed E-state index contributed by atoms with van der Waals surface area (Å²) in [5.74, 6) is 0.491. The largest absolute Gasteiger partial charge is 0.497 e. The highest BCUT2D eigenvalue weighted by Crippen LogP contribution is 2.30. The zero-order valence-electron chi connectivity index (χ0n) is 20.2. The van der Waals surface area contributed by atoms with Crippen molar-refractivity contribution in [3.8, 4) is 5.75 Å². The highest BCUT2D eigenvalue weighted by Gasteiger charge is 2.22. The van der Waals surface area contributed by atoms with E-state index in [2.05, 4.69) is 58.0 Å². The molecule has 176 valence electrons. The molecule has 4 aromatic rings. The summed E-state index contributed by atoms with van der Waals surface area (Å²) in [6.07, 6.45) is 0. The Hall–Kier alpha value is -3.57. The van der Waals surface area contributed by atoms with Gasteiger partial charge in [-0.15, -0.1) is 0 Å². The molecule has 0 radical (unpaired) electrons. The minimum atomic E-state index is -0.284. The normalized spacial score (nSPS) is 11.2. The van der Waals surface area contributed by atoms with Gasteiger partial charge in [0.05, 0.1) is 13.7 Å². The lowest BCUT2D eigenvalue weighted by atomic mass is 10.1. The summed E-state index contributed by atoms with van der Waals surface area (Å²) in [6, 6.07) is 27.0. The van der Waals surface area contributed by atoms with Crippen LogP contribution < -0.4 is 4.74 Å². The van der Waals surface area contributed by atoms with E-state index in [-0.39, 0.29) is 5.97 Å². The Morgan fingerprint density at radius 2 is 1.53 bits per heavy atom. The van der Waals surface area contributed by atoms with Crippen LogP contribution in [0.25, 0.3) is 10.9 Å². The molecule has 0 amide bonds. The fourth-order valence-electron chi connectivity index (χ4n) is 4.46. The fourth-order valence-corrected chi connectivity index (χ4v) is 4.46. The minimum absolute atomic E-state index is 0.284. The molecular formula is C29H32N2O3. The molecule has 0 saturated heterocycles. The second-order valence-electron chi connectivity index (χ2n) is 8.41. The molecule has 0 N–H and O–H groups in total. The Balaban J connectivity index is 1.66. The quantitative estimate of drug-likeness (QED) is 0.281. The SMILES string of the molecule is CCOC(=O)c1c(C)c2cc(OC)ccc2n1CCN(Cc1ccccc1)Cc1ccccc1. The number of hydrogen-bond donors (Lipinski definition) is 0. The molecule has 5 nitrogen and oxygen atoms in total. The number of hydrogen-bond acceptors (Lipinski definition) is 4. The summed E-state index contributed by atoms with van der Waals surface area (Å²) in [6.45, 7) is 7.28. The van der Waals surface area contributed by atoms with Gasteiger partial charge in [0, 0.05) is 37.1 Å². The number of rotatable bonds is 10. The summed E-state index contributed by atoms with van der Waals surface area (Å²) in [5.41, 5.74) is 5.08. The summed E-state index contributed by atoms with van der Waals surface area (Å²) >= 11 is 0. The molecule has 0 fully saturated rings. The number of nitrogens with zero attached hydrogens (tertiary/aromatic N) is 2. The van der Waals surface area contributed by atoms with Crippen molar-refractivity contribution in [2.75, 3.05) is 20.3 Å². The maximum atomic E-state index is 12.9. The summed E-state index contributed by atoms with van der Waals surface area (Å²) in [4.78, 5) is 15.4. The van der Waals surface area contributed by atoms with Gasteiger partial charge < -0.3 is 14.0 Å². The zero-order valence-corrected chi connectivity index (χ0v) is 20.2. The first kappa shape index (κ1) is 23.6. The molecule has 0 bridgehead atoms. The van der Waals surface area contributed by atoms with Gasteiger partial charge in [-0.25, -0.2) is 4.79 Å². The molecule has 3 aromatic carbocycles. The Morgan fingerprint density at radius 1 is 0.912 bits per heavy atom. The molecule has 0 saturated carbocycles. The van der Waals surface area contributed by atoms with Crippen LogP contribution in [0.5, 0.6) is 5.75 Å². The van der Waals surface area contributed by atoms with Gasteiger partial charge in [0.2, 0.25) is 0 Å². The fraction of sp³-hybridized carbons (Fsp3) is 0.276. The van der Waals surface area contributed by atoms with Crippen LogP contribution >= 0.6 is 0 Å². The average Bonchev–Trinajstić information content (AvgIpc) is 3.14. The number of methoxy groups -OCH3 is 1. The van der Waals surface area contributed by atoms with Gasteiger partial charge in [0.1, 0.15) is 11.4 Å². The van der Waals surface area contributed by atoms with Crippen molar-refractivity contribution in [2.24, 2.45) is 0 Å². The van der Waals surface area contributed by atoms with Crippen molar-refractivity contribution in [3.63, 3.8) is 0 Å². The van der Waals surface area contributed by atoms with Gasteiger partial charge in [-0.05, 0) is 48.7 Å². The van der Waals surface area contributed by atoms with Crippen molar-refractivity contribution in [1.82, 2.24) is 9.47 Å². The van der Waals surface area contributed by atoms with Gasteiger partial charge in [0.25, 0.3) is 0 Å². The number of benzene rings is 3. The maximum absolute atomic E-state index is 12.9. The van der Waals surface area contributed by atoms with Crippen LogP contribution in [0.2, 0.25) is 0 Å². The zero-order chi connectivity index (χ0) is 23.9. The van der Waals surface area contributed by atoms with Crippen LogP contribution in [0.1, 0.15) is 34.1 Å². The Kier molecular flexibility index (Phi) is 7.65. The van der Waals surface area contributed by atoms with E-state index in [0.717, 1.165) is 41.9 Å². The predicted octanol–water partition coefficient (Wildman–Crippen LogP) is 5.84. The molecule has 4 rings (SSSR count). The number of ether oxygens (including phenoxy) is 2. The van der Waals surface area contributed by atoms with Crippen molar-refractivity contribution in [1.29, 1.82) is 0 Å². The van der Waals surface area contributed by atoms with E-state index in [4.69, 9.17) is 9.47 Å². The molecule has 1 aromatic heterocycles. The van der Waals surface area contributed by atoms with E-state index in [1.54, 1.807) is 7.11 Å². The average molecular weight is 457 g/mol. The Labute approximate surface area is 201 Å². The Bertz CT molecular complexity index is 1190. The number of fused-ring (bicyclic) bond motifs is 1. The van der Waals surface area contributed by atoms with Gasteiger partial charge >= 0.3 is 5.97 Å². The third kappa shape index (κ3) is 5.32. The summed E-state index contributed by atoms with van der Waals surface area (Å²) in [5, 5.41) is 1.01. The van der Waals surface area contributed by atoms with E-state index in [9.17, 15) is 4.79 Å².